The number of nitrogens with one attached hydrogen (secondary N) is 2. The summed E-state index contributed by atoms with van der Waals surface area (Å²) in [5.41, 5.74) is 0. The van der Waals surface area contributed by atoms with Crippen molar-refractivity contribution in [1.29, 1.82) is 0 Å². The summed E-state index contributed by atoms with van der Waals surface area (Å²) >= 11 is 2.16. The second-order valence-corrected chi connectivity index (χ2v) is 7.61. The lowest BCUT2D eigenvalue weighted by Crippen LogP contribution is -2.46. The Balaban J connectivity index is 2.09. The Morgan fingerprint density at radius 2 is 2.00 bits per heavy atom. The number of hydrogen-bond acceptors (Lipinski definition) is 3. The number of piperidine rings is 1. The van der Waals surface area contributed by atoms with E-state index < -0.39 is 10.0 Å². The second kappa shape index (κ2) is 5.85. The molecule has 1 heterocycles. The Kier molecular flexibility index (Phi) is 4.63. The molecule has 0 bridgehead atoms. The smallest absolute Gasteiger partial charge is 0.240 e. The monoisotopic (exact) mass is 380 g/mol. The van der Waals surface area contributed by atoms with Gasteiger partial charge in [0.05, 0.1) is 4.90 Å². The lowest BCUT2D eigenvalue weighted by molar-refractivity contribution is 0.361. The van der Waals surface area contributed by atoms with Crippen LogP contribution in [0.2, 0.25) is 0 Å². The van der Waals surface area contributed by atoms with Crippen LogP contribution in [0.4, 0.5) is 0 Å². The van der Waals surface area contributed by atoms with Crippen LogP contribution in [0, 0.1) is 3.57 Å². The average molecular weight is 380 g/mol. The van der Waals surface area contributed by atoms with Gasteiger partial charge in [-0.2, -0.15) is 0 Å². The predicted octanol–water partition coefficient (Wildman–Crippen LogP) is 1.71. The van der Waals surface area contributed by atoms with Gasteiger partial charge < -0.3 is 5.32 Å². The normalized spacial score (nSPS) is 25.0. The van der Waals surface area contributed by atoms with E-state index in [1.54, 1.807) is 24.3 Å². The molecule has 1 aliphatic rings. The van der Waals surface area contributed by atoms with Crippen molar-refractivity contribution in [2.45, 2.75) is 36.7 Å². The summed E-state index contributed by atoms with van der Waals surface area (Å²) in [5.74, 6) is 0. The molecule has 1 aromatic carbocycles. The minimum absolute atomic E-state index is 0.0329. The molecule has 2 atom stereocenters. The summed E-state index contributed by atoms with van der Waals surface area (Å²) in [7, 11) is -3.38. The van der Waals surface area contributed by atoms with Crippen molar-refractivity contribution in [3.05, 3.63) is 27.8 Å². The molecule has 1 saturated heterocycles. The third-order valence-electron chi connectivity index (χ3n) is 3.07. The molecule has 1 aromatic rings. The maximum atomic E-state index is 12.2. The van der Waals surface area contributed by atoms with Crippen molar-refractivity contribution < 1.29 is 8.42 Å². The molecule has 2 N–H and O–H groups in total. The van der Waals surface area contributed by atoms with Gasteiger partial charge in [0.2, 0.25) is 10.0 Å². The molecule has 100 valence electrons. The van der Waals surface area contributed by atoms with Crippen molar-refractivity contribution in [1.82, 2.24) is 10.0 Å². The third-order valence-corrected chi connectivity index (χ3v) is 5.32. The molecule has 4 nitrogen and oxygen atoms in total. The van der Waals surface area contributed by atoms with Gasteiger partial charge in [-0.05, 0) is 73.2 Å². The van der Waals surface area contributed by atoms with Gasteiger partial charge in [-0.15, -0.1) is 0 Å². The van der Waals surface area contributed by atoms with Crippen LogP contribution in [0.25, 0.3) is 0 Å². The summed E-state index contributed by atoms with van der Waals surface area (Å²) in [6.45, 7) is 2.94. The Bertz CT molecular complexity index is 501. The number of benzene rings is 1. The summed E-state index contributed by atoms with van der Waals surface area (Å²) in [6, 6.07) is 7.30. The van der Waals surface area contributed by atoms with Crippen LogP contribution < -0.4 is 10.0 Å². The number of hydrogen-bond donors (Lipinski definition) is 2. The van der Waals surface area contributed by atoms with E-state index in [0.29, 0.717) is 10.9 Å². The zero-order valence-electron chi connectivity index (χ0n) is 10.2. The van der Waals surface area contributed by atoms with E-state index in [0.717, 1.165) is 23.0 Å². The van der Waals surface area contributed by atoms with Gasteiger partial charge in [0.25, 0.3) is 0 Å². The summed E-state index contributed by atoms with van der Waals surface area (Å²) < 4.78 is 28.2. The first-order valence-corrected chi connectivity index (χ1v) is 8.55. The SMILES string of the molecule is CC1CC(NS(=O)(=O)c2ccc(I)cc2)CCN1. The van der Waals surface area contributed by atoms with Crippen LogP contribution in [-0.4, -0.2) is 27.0 Å². The fourth-order valence-corrected chi connectivity index (χ4v) is 3.78. The molecule has 0 amide bonds. The van der Waals surface area contributed by atoms with Gasteiger partial charge in [0.1, 0.15) is 0 Å². The van der Waals surface area contributed by atoms with Crippen LogP contribution in [0.1, 0.15) is 19.8 Å². The van der Waals surface area contributed by atoms with E-state index in [9.17, 15) is 8.42 Å². The fraction of sp³-hybridized carbons (Fsp3) is 0.500. The highest BCUT2D eigenvalue weighted by Crippen LogP contribution is 2.15. The minimum Gasteiger partial charge on any atom is -0.314 e. The Hall–Kier alpha value is -0.180. The predicted molar refractivity (Wildman–Crippen MR) is 80.0 cm³/mol. The highest BCUT2D eigenvalue weighted by molar-refractivity contribution is 14.1. The van der Waals surface area contributed by atoms with E-state index in [1.165, 1.54) is 0 Å². The Morgan fingerprint density at radius 1 is 1.33 bits per heavy atom. The van der Waals surface area contributed by atoms with Crippen LogP contribution >= 0.6 is 22.6 Å². The zero-order chi connectivity index (χ0) is 13.2. The van der Waals surface area contributed by atoms with Crippen LogP contribution in [-0.2, 0) is 10.0 Å². The van der Waals surface area contributed by atoms with Crippen molar-refractivity contribution in [2.75, 3.05) is 6.54 Å². The third kappa shape index (κ3) is 3.66. The number of halogens is 1. The molecule has 0 aromatic heterocycles. The van der Waals surface area contributed by atoms with E-state index in [2.05, 4.69) is 39.6 Å². The first kappa shape index (κ1) is 14.2. The molecule has 2 rings (SSSR count). The summed E-state index contributed by atoms with van der Waals surface area (Å²) in [6.07, 6.45) is 1.68. The van der Waals surface area contributed by atoms with Crippen LogP contribution in [0.3, 0.4) is 0 Å². The quantitative estimate of drug-likeness (QED) is 0.786. The van der Waals surface area contributed by atoms with Gasteiger partial charge in [-0.25, -0.2) is 13.1 Å². The standard InChI is InChI=1S/C12H17IN2O2S/c1-9-8-11(6-7-14-9)15-18(16,17)12-4-2-10(13)3-5-12/h2-5,9,11,14-15H,6-8H2,1H3. The van der Waals surface area contributed by atoms with Gasteiger partial charge in [0.15, 0.2) is 0 Å². The summed E-state index contributed by atoms with van der Waals surface area (Å²) in [4.78, 5) is 0.342. The highest BCUT2D eigenvalue weighted by Gasteiger charge is 2.24. The molecular weight excluding hydrogens is 363 g/mol. The average Bonchev–Trinajstić information content (AvgIpc) is 2.29. The summed E-state index contributed by atoms with van der Waals surface area (Å²) in [5, 5.41) is 3.31. The fourth-order valence-electron chi connectivity index (χ4n) is 2.14. The van der Waals surface area contributed by atoms with Gasteiger partial charge >= 0.3 is 0 Å². The van der Waals surface area contributed by atoms with Gasteiger partial charge in [0, 0.05) is 15.7 Å². The first-order chi connectivity index (χ1) is 8.47. The topological polar surface area (TPSA) is 58.2 Å². The van der Waals surface area contributed by atoms with E-state index in [4.69, 9.17) is 0 Å². The highest BCUT2D eigenvalue weighted by atomic mass is 127. The maximum absolute atomic E-state index is 12.2. The largest absolute Gasteiger partial charge is 0.314 e. The molecule has 6 heteroatoms. The molecule has 0 saturated carbocycles. The van der Waals surface area contributed by atoms with E-state index >= 15 is 0 Å². The Labute approximate surface area is 122 Å². The molecule has 0 radical (unpaired) electrons. The maximum Gasteiger partial charge on any atom is 0.240 e. The molecule has 1 fully saturated rings. The van der Waals surface area contributed by atoms with Crippen molar-refractivity contribution in [3.8, 4) is 0 Å². The van der Waals surface area contributed by atoms with Crippen molar-refractivity contribution in [2.24, 2.45) is 0 Å². The van der Waals surface area contributed by atoms with Gasteiger partial charge in [-0.1, -0.05) is 0 Å². The molecule has 2 unspecified atom stereocenters. The molecular formula is C12H17IN2O2S. The molecule has 0 aliphatic carbocycles. The molecule has 18 heavy (non-hydrogen) atoms. The molecule has 1 aliphatic heterocycles. The van der Waals surface area contributed by atoms with Crippen molar-refractivity contribution >= 4 is 32.6 Å². The van der Waals surface area contributed by atoms with E-state index in [-0.39, 0.29) is 6.04 Å². The minimum atomic E-state index is -3.38. The second-order valence-electron chi connectivity index (χ2n) is 4.65. The lowest BCUT2D eigenvalue weighted by Gasteiger charge is -2.28. The van der Waals surface area contributed by atoms with Crippen LogP contribution in [0.15, 0.2) is 29.2 Å². The lowest BCUT2D eigenvalue weighted by atomic mass is 10.0. The van der Waals surface area contributed by atoms with Crippen molar-refractivity contribution in [3.63, 3.8) is 0 Å². The number of sulfonamides is 1. The van der Waals surface area contributed by atoms with Crippen LogP contribution in [0.5, 0.6) is 0 Å². The van der Waals surface area contributed by atoms with E-state index in [1.807, 2.05) is 0 Å². The first-order valence-electron chi connectivity index (χ1n) is 5.98. The number of rotatable bonds is 3. The molecule has 0 spiro atoms. The van der Waals surface area contributed by atoms with Gasteiger partial charge in [-0.3, -0.25) is 0 Å². The Morgan fingerprint density at radius 3 is 2.61 bits per heavy atom. The zero-order valence-corrected chi connectivity index (χ0v) is 13.2.